The van der Waals surface area contributed by atoms with Crippen molar-refractivity contribution in [2.75, 3.05) is 0 Å². The summed E-state index contributed by atoms with van der Waals surface area (Å²) in [6, 6.07) is 1.51. The summed E-state index contributed by atoms with van der Waals surface area (Å²) in [6.07, 6.45) is 5.14. The summed E-state index contributed by atoms with van der Waals surface area (Å²) < 4.78 is 0. The Hall–Kier alpha value is -2.18. The fourth-order valence-electron chi connectivity index (χ4n) is 1.08. The van der Waals surface area contributed by atoms with Gasteiger partial charge in [0.15, 0.2) is 0 Å². The number of hydrogen-bond donors (Lipinski definition) is 0. The fraction of sp³-hybridized carbons (Fsp3) is 0.333. The van der Waals surface area contributed by atoms with Crippen molar-refractivity contribution < 1.29 is 14.6 Å². The van der Waals surface area contributed by atoms with E-state index in [9.17, 15) is 14.9 Å². The number of carbonyl (C=O) groups is 1. The first-order valence-corrected chi connectivity index (χ1v) is 4.75. The van der Waals surface area contributed by atoms with Crippen molar-refractivity contribution in [3.63, 3.8) is 0 Å². The van der Waals surface area contributed by atoms with Crippen LogP contribution in [0.4, 0.5) is 0 Å². The Morgan fingerprint density at radius 1 is 1.69 bits per heavy atom. The molecule has 0 atom stereocenters. The molecular formula is C9H9N3O4. The molecule has 1 aromatic heterocycles. The molecule has 0 spiro atoms. The van der Waals surface area contributed by atoms with Crippen LogP contribution in [0.5, 0.6) is 0 Å². The highest BCUT2D eigenvalue weighted by molar-refractivity contribution is 5.75. The number of rotatable bonds is 4. The van der Waals surface area contributed by atoms with Gasteiger partial charge in [0.25, 0.3) is 0 Å². The topological polar surface area (TPSA) is 87.3 Å². The number of nitro groups is 1. The Morgan fingerprint density at radius 3 is 3.06 bits per heavy atom. The van der Waals surface area contributed by atoms with E-state index in [4.69, 9.17) is 4.84 Å². The van der Waals surface area contributed by atoms with Gasteiger partial charge in [-0.2, -0.15) is 0 Å². The fourth-order valence-corrected chi connectivity index (χ4v) is 1.08. The molecule has 1 saturated carbocycles. The lowest BCUT2D eigenvalue weighted by molar-refractivity contribution is -0.401. The van der Waals surface area contributed by atoms with E-state index >= 15 is 0 Å². The Bertz CT molecular complexity index is 447. The SMILES string of the molecule is O=C(On1ccc(/C=C/[N+](=O)[O-])n1)C1CC1. The lowest BCUT2D eigenvalue weighted by atomic mass is 10.4. The minimum Gasteiger partial charge on any atom is -0.319 e. The van der Waals surface area contributed by atoms with E-state index < -0.39 is 4.92 Å². The minimum absolute atomic E-state index is 0.0121. The van der Waals surface area contributed by atoms with Crippen LogP contribution in [-0.2, 0) is 4.79 Å². The van der Waals surface area contributed by atoms with Gasteiger partial charge in [-0.3, -0.25) is 10.1 Å². The molecule has 7 heteroatoms. The van der Waals surface area contributed by atoms with Gasteiger partial charge in [0.1, 0.15) is 0 Å². The number of hydrogen-bond acceptors (Lipinski definition) is 5. The van der Waals surface area contributed by atoms with E-state index in [1.807, 2.05) is 0 Å². The van der Waals surface area contributed by atoms with Crippen molar-refractivity contribution in [2.45, 2.75) is 12.8 Å². The Labute approximate surface area is 90.4 Å². The summed E-state index contributed by atoms with van der Waals surface area (Å²) in [4.78, 5) is 26.6. The highest BCUT2D eigenvalue weighted by Crippen LogP contribution is 2.29. The number of aromatic nitrogens is 2. The molecule has 0 amide bonds. The average molecular weight is 223 g/mol. The van der Waals surface area contributed by atoms with E-state index in [1.165, 1.54) is 18.3 Å². The molecule has 1 aliphatic carbocycles. The van der Waals surface area contributed by atoms with Crippen molar-refractivity contribution in [2.24, 2.45) is 5.92 Å². The van der Waals surface area contributed by atoms with E-state index in [0.717, 1.165) is 23.9 Å². The second-order valence-corrected chi connectivity index (χ2v) is 3.43. The molecule has 0 saturated heterocycles. The molecule has 0 unspecified atom stereocenters. The monoisotopic (exact) mass is 223 g/mol. The van der Waals surface area contributed by atoms with Crippen molar-refractivity contribution >= 4 is 12.0 Å². The van der Waals surface area contributed by atoms with Crippen LogP contribution in [-0.4, -0.2) is 20.8 Å². The van der Waals surface area contributed by atoms with Gasteiger partial charge >= 0.3 is 5.97 Å². The van der Waals surface area contributed by atoms with Gasteiger partial charge in [-0.25, -0.2) is 4.79 Å². The van der Waals surface area contributed by atoms with Gasteiger partial charge in [-0.1, -0.05) is 4.85 Å². The lowest BCUT2D eigenvalue weighted by Gasteiger charge is -1.99. The molecule has 1 heterocycles. The summed E-state index contributed by atoms with van der Waals surface area (Å²) in [7, 11) is 0. The van der Waals surface area contributed by atoms with Gasteiger partial charge in [0, 0.05) is 6.08 Å². The molecule has 0 aliphatic heterocycles. The van der Waals surface area contributed by atoms with Crippen LogP contribution in [0.1, 0.15) is 18.5 Å². The zero-order chi connectivity index (χ0) is 11.5. The molecule has 0 radical (unpaired) electrons. The lowest BCUT2D eigenvalue weighted by Crippen LogP contribution is -2.21. The van der Waals surface area contributed by atoms with E-state index in [-0.39, 0.29) is 11.9 Å². The molecule has 0 bridgehead atoms. The summed E-state index contributed by atoms with van der Waals surface area (Å²) in [5.74, 6) is -0.324. The maximum absolute atomic E-state index is 11.2. The van der Waals surface area contributed by atoms with Crippen LogP contribution >= 0.6 is 0 Å². The predicted octanol–water partition coefficient (Wildman–Crippen LogP) is 0.496. The third-order valence-corrected chi connectivity index (χ3v) is 2.05. The Morgan fingerprint density at radius 2 is 2.44 bits per heavy atom. The number of carbonyl (C=O) groups excluding carboxylic acids is 1. The van der Waals surface area contributed by atoms with Gasteiger partial charge in [0.05, 0.1) is 22.7 Å². The van der Waals surface area contributed by atoms with Crippen molar-refractivity contribution in [1.82, 2.24) is 9.94 Å². The predicted molar refractivity (Wildman–Crippen MR) is 52.6 cm³/mol. The largest absolute Gasteiger partial charge is 0.337 e. The molecule has 84 valence electrons. The third kappa shape index (κ3) is 2.66. The molecule has 1 aromatic rings. The molecule has 0 aromatic carbocycles. The summed E-state index contributed by atoms with van der Waals surface area (Å²) in [6.45, 7) is 0. The molecular weight excluding hydrogens is 214 g/mol. The van der Waals surface area contributed by atoms with Crippen LogP contribution in [0.15, 0.2) is 18.5 Å². The zero-order valence-electron chi connectivity index (χ0n) is 8.28. The van der Waals surface area contributed by atoms with Gasteiger partial charge < -0.3 is 4.84 Å². The van der Waals surface area contributed by atoms with Crippen molar-refractivity contribution in [3.8, 4) is 0 Å². The second-order valence-electron chi connectivity index (χ2n) is 3.43. The van der Waals surface area contributed by atoms with Crippen molar-refractivity contribution in [1.29, 1.82) is 0 Å². The zero-order valence-corrected chi connectivity index (χ0v) is 8.28. The van der Waals surface area contributed by atoms with Crippen LogP contribution in [0, 0.1) is 16.0 Å². The van der Waals surface area contributed by atoms with E-state index in [2.05, 4.69) is 5.10 Å². The average Bonchev–Trinajstić information content (AvgIpc) is 2.98. The standard InChI is InChI=1S/C9H9N3O4/c13-9(7-1-2-7)16-11-5-3-8(10-11)4-6-12(14)15/h3-7H,1-2H2/b6-4+. The van der Waals surface area contributed by atoms with Gasteiger partial charge in [-0.05, 0) is 18.9 Å². The Kier molecular flexibility index (Phi) is 2.67. The molecule has 0 N–H and O–H groups in total. The second kappa shape index (κ2) is 4.13. The third-order valence-electron chi connectivity index (χ3n) is 2.05. The normalized spacial score (nSPS) is 15.2. The maximum atomic E-state index is 11.2. The quantitative estimate of drug-likeness (QED) is 0.547. The first-order valence-electron chi connectivity index (χ1n) is 4.75. The minimum atomic E-state index is -0.588. The molecule has 2 rings (SSSR count). The number of nitrogens with zero attached hydrogens (tertiary/aromatic N) is 3. The van der Waals surface area contributed by atoms with Crippen molar-refractivity contribution in [3.05, 3.63) is 34.3 Å². The summed E-state index contributed by atoms with van der Waals surface area (Å²) in [5.41, 5.74) is 0.361. The smallest absolute Gasteiger partial charge is 0.319 e. The van der Waals surface area contributed by atoms with Crippen LogP contribution < -0.4 is 4.84 Å². The first kappa shape index (κ1) is 10.3. The van der Waals surface area contributed by atoms with E-state index in [0.29, 0.717) is 5.69 Å². The summed E-state index contributed by atoms with van der Waals surface area (Å²) >= 11 is 0. The first-order chi connectivity index (χ1) is 7.65. The summed E-state index contributed by atoms with van der Waals surface area (Å²) in [5, 5.41) is 13.9. The highest BCUT2D eigenvalue weighted by Gasteiger charge is 2.32. The van der Waals surface area contributed by atoms with Crippen LogP contribution in [0.2, 0.25) is 0 Å². The van der Waals surface area contributed by atoms with Crippen LogP contribution in [0.3, 0.4) is 0 Å². The van der Waals surface area contributed by atoms with E-state index in [1.54, 1.807) is 0 Å². The van der Waals surface area contributed by atoms with Crippen LogP contribution in [0.25, 0.3) is 6.08 Å². The maximum Gasteiger partial charge on any atom is 0.337 e. The van der Waals surface area contributed by atoms with Gasteiger partial charge in [0.2, 0.25) is 6.20 Å². The molecule has 7 nitrogen and oxygen atoms in total. The molecule has 1 aliphatic rings. The van der Waals surface area contributed by atoms with Gasteiger partial charge in [-0.15, -0.1) is 5.10 Å². The molecule has 16 heavy (non-hydrogen) atoms. The molecule has 1 fully saturated rings. The Balaban J connectivity index is 1.96. The highest BCUT2D eigenvalue weighted by atomic mass is 16.7.